The zero-order valence-corrected chi connectivity index (χ0v) is 14.6. The van der Waals surface area contributed by atoms with Crippen LogP contribution in [0.3, 0.4) is 0 Å². The number of primary amides is 1. The fourth-order valence-electron chi connectivity index (χ4n) is 4.07. The van der Waals surface area contributed by atoms with Crippen molar-refractivity contribution in [1.82, 2.24) is 19.7 Å². The van der Waals surface area contributed by atoms with Crippen LogP contribution in [0.15, 0.2) is 0 Å². The van der Waals surface area contributed by atoms with Gasteiger partial charge in [0.15, 0.2) is 5.82 Å². The number of hydrogen-bond donors (Lipinski definition) is 2. The average Bonchev–Trinajstić information content (AvgIpc) is 3.24. The molecule has 1 aliphatic heterocycles. The molecule has 2 atom stereocenters. The Morgan fingerprint density at radius 3 is 2.56 bits per heavy atom. The molecule has 3 N–H and O–H groups in total. The molecule has 1 aromatic heterocycles. The molecule has 0 radical (unpaired) electrons. The van der Waals surface area contributed by atoms with Crippen molar-refractivity contribution in [3.8, 4) is 0 Å². The molecule has 0 aromatic carbocycles. The Morgan fingerprint density at radius 1 is 1.16 bits per heavy atom. The van der Waals surface area contributed by atoms with E-state index in [1.165, 1.54) is 0 Å². The van der Waals surface area contributed by atoms with Crippen LogP contribution in [0, 0.1) is 5.92 Å². The predicted molar refractivity (Wildman–Crippen MR) is 90.5 cm³/mol. The Hall–Kier alpha value is -1.96. The van der Waals surface area contributed by atoms with E-state index in [1.54, 1.807) is 4.68 Å². The van der Waals surface area contributed by atoms with Gasteiger partial charge in [0.1, 0.15) is 5.82 Å². The molecule has 25 heavy (non-hydrogen) atoms. The van der Waals surface area contributed by atoms with E-state index >= 15 is 0 Å². The summed E-state index contributed by atoms with van der Waals surface area (Å²) >= 11 is 0. The third-order valence-corrected chi connectivity index (χ3v) is 5.22. The first-order valence-electron chi connectivity index (χ1n) is 9.21. The summed E-state index contributed by atoms with van der Waals surface area (Å²) in [5.74, 6) is 0.715. The summed E-state index contributed by atoms with van der Waals surface area (Å²) in [5.41, 5.74) is 5.26. The molecule has 2 fully saturated rings. The lowest BCUT2D eigenvalue weighted by Gasteiger charge is -2.32. The van der Waals surface area contributed by atoms with E-state index in [4.69, 9.17) is 5.73 Å². The van der Waals surface area contributed by atoms with Crippen molar-refractivity contribution in [2.45, 2.75) is 57.4 Å². The number of carbonyl (C=O) groups is 2. The molecule has 3 rings (SSSR count). The van der Waals surface area contributed by atoms with Gasteiger partial charge in [-0.15, -0.1) is 0 Å². The van der Waals surface area contributed by atoms with Crippen LogP contribution in [-0.2, 0) is 22.6 Å². The zero-order valence-electron chi connectivity index (χ0n) is 14.6. The van der Waals surface area contributed by atoms with E-state index < -0.39 is 5.91 Å². The fraction of sp³-hybridized carbons (Fsp3) is 0.765. The lowest BCUT2D eigenvalue weighted by molar-refractivity contribution is -0.136. The zero-order chi connectivity index (χ0) is 17.8. The van der Waals surface area contributed by atoms with Crippen molar-refractivity contribution < 1.29 is 14.7 Å². The van der Waals surface area contributed by atoms with Crippen molar-refractivity contribution in [3.05, 3.63) is 11.6 Å². The highest BCUT2D eigenvalue weighted by Gasteiger charge is 2.38. The molecule has 0 spiro atoms. The Morgan fingerprint density at radius 2 is 1.88 bits per heavy atom. The molecule has 138 valence electrons. The molecule has 0 bridgehead atoms. The second kappa shape index (κ2) is 7.95. The number of aliphatic hydroxyl groups excluding tert-OH is 1. The predicted octanol–water partition coefficient (Wildman–Crippen LogP) is 0.194. The summed E-state index contributed by atoms with van der Waals surface area (Å²) in [6, 6.07) is 0. The van der Waals surface area contributed by atoms with Gasteiger partial charge in [-0.2, -0.15) is 5.10 Å². The standard InChI is InChI=1S/C17H27N5O3/c18-14(24)11-15-19-16(22(20-15)9-10-23)12-5-1-2-6-13(12)17(25)21-7-3-4-8-21/h12-13,23H,1-11H2,(H2,18,24)/t12-,13+/m1/s1. The van der Waals surface area contributed by atoms with Gasteiger partial charge >= 0.3 is 0 Å². The first-order chi connectivity index (χ1) is 12.1. The fourth-order valence-corrected chi connectivity index (χ4v) is 4.07. The third-order valence-electron chi connectivity index (χ3n) is 5.22. The quantitative estimate of drug-likeness (QED) is 0.761. The van der Waals surface area contributed by atoms with Gasteiger partial charge in [-0.25, -0.2) is 9.67 Å². The van der Waals surface area contributed by atoms with Gasteiger partial charge in [0.05, 0.1) is 19.6 Å². The molecule has 2 aliphatic rings. The van der Waals surface area contributed by atoms with E-state index in [9.17, 15) is 14.7 Å². The van der Waals surface area contributed by atoms with E-state index in [-0.39, 0.29) is 30.8 Å². The van der Waals surface area contributed by atoms with Crippen LogP contribution >= 0.6 is 0 Å². The van der Waals surface area contributed by atoms with Crippen LogP contribution in [0.5, 0.6) is 0 Å². The number of likely N-dealkylation sites (tertiary alicyclic amines) is 1. The van der Waals surface area contributed by atoms with Crippen molar-refractivity contribution in [3.63, 3.8) is 0 Å². The summed E-state index contributed by atoms with van der Waals surface area (Å²) in [4.78, 5) is 30.7. The van der Waals surface area contributed by atoms with Gasteiger partial charge in [-0.3, -0.25) is 9.59 Å². The van der Waals surface area contributed by atoms with Gasteiger partial charge in [0.2, 0.25) is 11.8 Å². The Kier molecular flexibility index (Phi) is 5.67. The number of rotatable bonds is 6. The number of nitrogens with two attached hydrogens (primary N) is 1. The molecule has 1 aromatic rings. The topological polar surface area (TPSA) is 114 Å². The average molecular weight is 349 g/mol. The highest BCUT2D eigenvalue weighted by molar-refractivity contribution is 5.80. The van der Waals surface area contributed by atoms with Crippen molar-refractivity contribution in [1.29, 1.82) is 0 Å². The lowest BCUT2D eigenvalue weighted by atomic mass is 9.78. The molecule has 2 amide bonds. The maximum Gasteiger partial charge on any atom is 0.226 e. The highest BCUT2D eigenvalue weighted by Crippen LogP contribution is 2.38. The SMILES string of the molecule is NC(=O)Cc1nc([C@@H]2CCCC[C@@H]2C(=O)N2CCCC2)n(CCO)n1. The minimum atomic E-state index is -0.485. The highest BCUT2D eigenvalue weighted by atomic mass is 16.3. The van der Waals surface area contributed by atoms with Crippen LogP contribution in [0.2, 0.25) is 0 Å². The van der Waals surface area contributed by atoms with Crippen molar-refractivity contribution >= 4 is 11.8 Å². The molecule has 1 aliphatic carbocycles. The third kappa shape index (κ3) is 4.00. The largest absolute Gasteiger partial charge is 0.394 e. The first kappa shape index (κ1) is 17.8. The second-order valence-electron chi connectivity index (χ2n) is 7.01. The van der Waals surface area contributed by atoms with E-state index in [0.717, 1.165) is 51.6 Å². The second-order valence-corrected chi connectivity index (χ2v) is 7.01. The van der Waals surface area contributed by atoms with Gasteiger partial charge in [0.25, 0.3) is 0 Å². The van der Waals surface area contributed by atoms with E-state index in [1.807, 2.05) is 4.90 Å². The molecule has 8 heteroatoms. The maximum absolute atomic E-state index is 13.0. The summed E-state index contributed by atoms with van der Waals surface area (Å²) in [6.45, 7) is 1.93. The molecule has 2 heterocycles. The Labute approximate surface area is 147 Å². The van der Waals surface area contributed by atoms with Crippen LogP contribution in [0.25, 0.3) is 0 Å². The lowest BCUT2D eigenvalue weighted by Crippen LogP contribution is -2.38. The van der Waals surface area contributed by atoms with E-state index in [0.29, 0.717) is 18.2 Å². The molecular formula is C17H27N5O3. The van der Waals surface area contributed by atoms with Gasteiger partial charge in [-0.05, 0) is 25.7 Å². The van der Waals surface area contributed by atoms with Crippen LogP contribution in [0.4, 0.5) is 0 Å². The number of hydrogen-bond acceptors (Lipinski definition) is 5. The summed E-state index contributed by atoms with van der Waals surface area (Å²) in [6.07, 6.45) is 5.96. The number of nitrogens with zero attached hydrogens (tertiary/aromatic N) is 4. The molecule has 1 saturated carbocycles. The Balaban J connectivity index is 1.86. The van der Waals surface area contributed by atoms with Crippen molar-refractivity contribution in [2.24, 2.45) is 11.7 Å². The first-order valence-corrected chi connectivity index (χ1v) is 9.21. The molecular weight excluding hydrogens is 322 g/mol. The summed E-state index contributed by atoms with van der Waals surface area (Å²) in [7, 11) is 0. The van der Waals surface area contributed by atoms with Crippen LogP contribution < -0.4 is 5.73 Å². The van der Waals surface area contributed by atoms with Crippen LogP contribution in [-0.4, -0.2) is 56.3 Å². The van der Waals surface area contributed by atoms with Gasteiger partial charge < -0.3 is 15.7 Å². The van der Waals surface area contributed by atoms with Crippen LogP contribution in [0.1, 0.15) is 56.1 Å². The van der Waals surface area contributed by atoms with Crippen molar-refractivity contribution in [2.75, 3.05) is 19.7 Å². The monoisotopic (exact) mass is 349 g/mol. The number of aromatic nitrogens is 3. The van der Waals surface area contributed by atoms with Gasteiger partial charge in [-0.1, -0.05) is 12.8 Å². The number of carbonyl (C=O) groups excluding carboxylic acids is 2. The molecule has 0 unspecified atom stereocenters. The molecule has 1 saturated heterocycles. The molecule has 8 nitrogen and oxygen atoms in total. The minimum absolute atomic E-state index is 0.0115. The Bertz CT molecular complexity index is 624. The van der Waals surface area contributed by atoms with Gasteiger partial charge in [0, 0.05) is 24.9 Å². The summed E-state index contributed by atoms with van der Waals surface area (Å²) < 4.78 is 1.65. The van der Waals surface area contributed by atoms with E-state index in [2.05, 4.69) is 10.1 Å². The maximum atomic E-state index is 13.0. The normalized spacial score (nSPS) is 23.8. The minimum Gasteiger partial charge on any atom is -0.394 e. The summed E-state index contributed by atoms with van der Waals surface area (Å²) in [5, 5.41) is 13.7. The smallest absolute Gasteiger partial charge is 0.226 e. The number of aliphatic hydroxyl groups is 1. The number of amides is 2.